The Morgan fingerprint density at radius 3 is 2.73 bits per heavy atom. The zero-order valence-electron chi connectivity index (χ0n) is 13.4. The molecule has 0 saturated carbocycles. The van der Waals surface area contributed by atoms with Crippen LogP contribution in [0.15, 0.2) is 23.3 Å². The van der Waals surface area contributed by atoms with Crippen molar-refractivity contribution in [3.05, 3.63) is 29.3 Å². The molecule has 0 aromatic heterocycles. The van der Waals surface area contributed by atoms with E-state index in [1.165, 1.54) is 0 Å². The fraction of sp³-hybridized carbons (Fsp3) is 0.471. The molecule has 2 heterocycles. The van der Waals surface area contributed by atoms with Crippen molar-refractivity contribution in [1.82, 2.24) is 5.43 Å². The van der Waals surface area contributed by atoms with Gasteiger partial charge < -0.3 is 4.90 Å². The Hall–Kier alpha value is -2.17. The number of hydrogen-bond donors (Lipinski definition) is 1. The maximum absolute atomic E-state index is 12.1. The normalized spacial score (nSPS) is 23.7. The van der Waals surface area contributed by atoms with E-state index in [0.717, 1.165) is 22.5 Å². The lowest BCUT2D eigenvalue weighted by atomic mass is 9.76. The van der Waals surface area contributed by atoms with Crippen molar-refractivity contribution in [2.75, 3.05) is 11.9 Å². The summed E-state index contributed by atoms with van der Waals surface area (Å²) in [5.41, 5.74) is 6.39. The van der Waals surface area contributed by atoms with Crippen LogP contribution in [0.2, 0.25) is 0 Å². The van der Waals surface area contributed by atoms with E-state index in [9.17, 15) is 9.59 Å². The molecule has 116 valence electrons. The van der Waals surface area contributed by atoms with Crippen LogP contribution >= 0.6 is 0 Å². The predicted octanol–water partition coefficient (Wildman–Crippen LogP) is 2.19. The molecule has 0 radical (unpaired) electrons. The molecule has 5 heteroatoms. The van der Waals surface area contributed by atoms with Gasteiger partial charge in [0.2, 0.25) is 11.8 Å². The lowest BCUT2D eigenvalue weighted by Crippen LogP contribution is -2.40. The fourth-order valence-electron chi connectivity index (χ4n) is 3.26. The lowest BCUT2D eigenvalue weighted by Gasteiger charge is -2.37. The van der Waals surface area contributed by atoms with Gasteiger partial charge in [-0.05, 0) is 23.3 Å². The van der Waals surface area contributed by atoms with Crippen molar-refractivity contribution < 1.29 is 9.59 Å². The Labute approximate surface area is 130 Å². The zero-order chi connectivity index (χ0) is 16.1. The summed E-state index contributed by atoms with van der Waals surface area (Å²) >= 11 is 0. The van der Waals surface area contributed by atoms with Gasteiger partial charge in [-0.25, -0.2) is 5.43 Å². The fourth-order valence-corrected chi connectivity index (χ4v) is 3.26. The van der Waals surface area contributed by atoms with Crippen LogP contribution in [0.25, 0.3) is 0 Å². The summed E-state index contributed by atoms with van der Waals surface area (Å²) in [6, 6.07) is 6.08. The molecule has 0 bridgehead atoms. The van der Waals surface area contributed by atoms with Crippen LogP contribution in [-0.2, 0) is 15.0 Å². The zero-order valence-corrected chi connectivity index (χ0v) is 13.4. The second-order valence-electron chi connectivity index (χ2n) is 6.88. The van der Waals surface area contributed by atoms with E-state index in [1.807, 2.05) is 26.1 Å². The van der Waals surface area contributed by atoms with E-state index in [0.29, 0.717) is 12.8 Å². The highest BCUT2D eigenvalue weighted by atomic mass is 16.2. The number of amides is 2. The highest BCUT2D eigenvalue weighted by Gasteiger charge is 2.35. The van der Waals surface area contributed by atoms with Crippen LogP contribution in [0, 0.1) is 5.92 Å². The summed E-state index contributed by atoms with van der Waals surface area (Å²) < 4.78 is 0. The smallest absolute Gasteiger partial charge is 0.240 e. The number of rotatable bonds is 1. The van der Waals surface area contributed by atoms with Gasteiger partial charge in [0, 0.05) is 36.9 Å². The van der Waals surface area contributed by atoms with Crippen molar-refractivity contribution in [3.63, 3.8) is 0 Å². The molecule has 1 unspecified atom stereocenters. The molecule has 2 aliphatic heterocycles. The third-order valence-corrected chi connectivity index (χ3v) is 4.61. The Balaban J connectivity index is 2.08. The number of hydrazone groups is 1. The molecule has 0 spiro atoms. The molecule has 1 aromatic carbocycles. The molecular formula is C17H21N3O2. The van der Waals surface area contributed by atoms with Crippen molar-refractivity contribution in [2.45, 2.75) is 39.0 Å². The number of benzene rings is 1. The van der Waals surface area contributed by atoms with Crippen LogP contribution in [0.4, 0.5) is 5.69 Å². The molecule has 0 saturated heterocycles. The van der Waals surface area contributed by atoms with Gasteiger partial charge in [0.15, 0.2) is 0 Å². The maximum atomic E-state index is 12.1. The van der Waals surface area contributed by atoms with E-state index in [-0.39, 0.29) is 23.1 Å². The number of nitrogens with one attached hydrogen (secondary N) is 1. The van der Waals surface area contributed by atoms with E-state index in [2.05, 4.69) is 30.4 Å². The van der Waals surface area contributed by atoms with Gasteiger partial charge >= 0.3 is 0 Å². The summed E-state index contributed by atoms with van der Waals surface area (Å²) in [6.45, 7) is 6.20. The molecule has 5 nitrogen and oxygen atoms in total. The first-order valence-electron chi connectivity index (χ1n) is 7.57. The monoisotopic (exact) mass is 299 g/mol. The Morgan fingerprint density at radius 2 is 2.05 bits per heavy atom. The van der Waals surface area contributed by atoms with Gasteiger partial charge in [0.1, 0.15) is 0 Å². The first-order chi connectivity index (χ1) is 10.3. The first-order valence-corrected chi connectivity index (χ1v) is 7.57. The van der Waals surface area contributed by atoms with E-state index in [4.69, 9.17) is 0 Å². The van der Waals surface area contributed by atoms with Crippen LogP contribution in [0.1, 0.15) is 44.7 Å². The molecule has 0 aliphatic carbocycles. The van der Waals surface area contributed by atoms with Gasteiger partial charge in [-0.3, -0.25) is 9.59 Å². The number of nitrogens with zero attached hydrogens (tertiary/aromatic N) is 2. The van der Waals surface area contributed by atoms with E-state index >= 15 is 0 Å². The summed E-state index contributed by atoms with van der Waals surface area (Å²) in [5.74, 6) is 0.193. The quantitative estimate of drug-likeness (QED) is 0.864. The molecule has 3 rings (SSSR count). The molecule has 1 aromatic rings. The van der Waals surface area contributed by atoms with Gasteiger partial charge in [-0.1, -0.05) is 26.8 Å². The van der Waals surface area contributed by atoms with Gasteiger partial charge in [0.25, 0.3) is 0 Å². The number of carbonyl (C=O) groups is 2. The highest BCUT2D eigenvalue weighted by molar-refractivity contribution is 6.07. The van der Waals surface area contributed by atoms with Crippen molar-refractivity contribution in [1.29, 1.82) is 0 Å². The highest BCUT2D eigenvalue weighted by Crippen LogP contribution is 2.40. The van der Waals surface area contributed by atoms with Crippen LogP contribution in [-0.4, -0.2) is 24.6 Å². The Bertz CT molecular complexity index is 691. The predicted molar refractivity (Wildman–Crippen MR) is 86.0 cm³/mol. The minimum Gasteiger partial charge on any atom is -0.315 e. The average molecular weight is 299 g/mol. The Kier molecular flexibility index (Phi) is 3.31. The van der Waals surface area contributed by atoms with E-state index in [1.54, 1.807) is 4.90 Å². The molecular weight excluding hydrogens is 278 g/mol. The number of carbonyl (C=O) groups excluding carboxylic acids is 2. The molecule has 2 amide bonds. The Morgan fingerprint density at radius 1 is 1.32 bits per heavy atom. The molecule has 0 fully saturated rings. The van der Waals surface area contributed by atoms with Crippen LogP contribution in [0.3, 0.4) is 0 Å². The third kappa shape index (κ3) is 2.30. The number of fused-ring (bicyclic) bond motifs is 1. The molecule has 2 aliphatic rings. The van der Waals surface area contributed by atoms with Crippen molar-refractivity contribution >= 4 is 23.2 Å². The minimum atomic E-state index is -0.198. The SMILES string of the molecule is CC1CC(=O)NN=C1c1ccc2c(c1)C(C)(C)CC(=O)N2C. The molecule has 1 atom stereocenters. The van der Waals surface area contributed by atoms with Gasteiger partial charge in [0.05, 0.1) is 5.71 Å². The summed E-state index contributed by atoms with van der Waals surface area (Å²) in [5, 5.41) is 4.23. The van der Waals surface area contributed by atoms with Gasteiger partial charge in [-0.2, -0.15) is 5.10 Å². The van der Waals surface area contributed by atoms with Crippen molar-refractivity contribution in [2.24, 2.45) is 11.0 Å². The maximum Gasteiger partial charge on any atom is 0.240 e. The number of anilines is 1. The summed E-state index contributed by atoms with van der Waals surface area (Å²) in [6.07, 6.45) is 0.955. The summed E-state index contributed by atoms with van der Waals surface area (Å²) in [4.78, 5) is 25.2. The van der Waals surface area contributed by atoms with E-state index < -0.39 is 0 Å². The second-order valence-corrected chi connectivity index (χ2v) is 6.88. The summed E-state index contributed by atoms with van der Waals surface area (Å²) in [7, 11) is 1.82. The van der Waals surface area contributed by atoms with Crippen LogP contribution < -0.4 is 10.3 Å². The molecule has 1 N–H and O–H groups in total. The first kappa shape index (κ1) is 14.8. The lowest BCUT2D eigenvalue weighted by molar-refractivity contribution is -0.122. The third-order valence-electron chi connectivity index (χ3n) is 4.61. The topological polar surface area (TPSA) is 61.8 Å². The average Bonchev–Trinajstić information content (AvgIpc) is 2.44. The standard InChI is InChI=1S/C17H21N3O2/c1-10-7-14(21)18-19-16(10)11-5-6-13-12(8-11)17(2,3)9-15(22)20(13)4/h5-6,8,10H,7,9H2,1-4H3,(H,18,21). The van der Waals surface area contributed by atoms with Crippen LogP contribution in [0.5, 0.6) is 0 Å². The number of hydrogen-bond acceptors (Lipinski definition) is 3. The minimum absolute atomic E-state index is 0.0418. The van der Waals surface area contributed by atoms with Gasteiger partial charge in [-0.15, -0.1) is 0 Å². The largest absolute Gasteiger partial charge is 0.315 e. The second kappa shape index (κ2) is 4.93. The van der Waals surface area contributed by atoms with Crippen molar-refractivity contribution in [3.8, 4) is 0 Å². The molecule has 22 heavy (non-hydrogen) atoms.